The van der Waals surface area contributed by atoms with Crippen LogP contribution in [0.3, 0.4) is 0 Å². The highest BCUT2D eigenvalue weighted by molar-refractivity contribution is 6.09. The van der Waals surface area contributed by atoms with E-state index in [0.717, 1.165) is 11.0 Å². The zero-order valence-electron chi connectivity index (χ0n) is 15.4. The number of likely N-dealkylation sites (tertiary alicyclic amines) is 1. The summed E-state index contributed by atoms with van der Waals surface area (Å²) in [5.41, 5.74) is 1.04. The Morgan fingerprint density at radius 2 is 1.76 bits per heavy atom. The Morgan fingerprint density at radius 1 is 1.10 bits per heavy atom. The minimum atomic E-state index is -4.79. The summed E-state index contributed by atoms with van der Waals surface area (Å²) >= 11 is 0. The molecule has 4 rings (SSSR count). The van der Waals surface area contributed by atoms with Crippen molar-refractivity contribution in [2.75, 3.05) is 18.0 Å². The van der Waals surface area contributed by atoms with E-state index in [-0.39, 0.29) is 24.1 Å². The molecule has 2 aliphatic heterocycles. The van der Waals surface area contributed by atoms with E-state index in [2.05, 4.69) is 4.74 Å². The number of rotatable bonds is 3. The molecule has 1 fully saturated rings. The molecule has 0 spiro atoms. The molecule has 6 nitrogen and oxygen atoms in total. The van der Waals surface area contributed by atoms with Crippen LogP contribution in [-0.4, -0.2) is 42.1 Å². The van der Waals surface area contributed by atoms with Gasteiger partial charge in [0.15, 0.2) is 0 Å². The van der Waals surface area contributed by atoms with Crippen LogP contribution in [0.1, 0.15) is 24.8 Å². The fraction of sp³-hybridized carbons (Fsp3) is 0.450. The van der Waals surface area contributed by atoms with Gasteiger partial charge in [-0.2, -0.15) is 0 Å². The van der Waals surface area contributed by atoms with Gasteiger partial charge in [0.1, 0.15) is 12.3 Å². The predicted molar refractivity (Wildman–Crippen MR) is 95.9 cm³/mol. The molecule has 1 aromatic carbocycles. The number of carbonyl (C=O) groups is 3. The first-order valence-electron chi connectivity index (χ1n) is 9.44. The Labute approximate surface area is 164 Å². The Hall–Kier alpha value is -2.84. The van der Waals surface area contributed by atoms with Crippen molar-refractivity contribution >= 4 is 23.4 Å². The Morgan fingerprint density at radius 3 is 2.38 bits per heavy atom. The molecule has 3 amide bonds. The summed E-state index contributed by atoms with van der Waals surface area (Å²) in [7, 11) is 0. The maximum Gasteiger partial charge on any atom is 0.573 e. The maximum absolute atomic E-state index is 12.9. The van der Waals surface area contributed by atoms with Crippen molar-refractivity contribution in [1.82, 2.24) is 4.90 Å². The number of fused-ring (bicyclic) bond motifs is 2. The van der Waals surface area contributed by atoms with Gasteiger partial charge in [-0.1, -0.05) is 12.2 Å². The van der Waals surface area contributed by atoms with Crippen LogP contribution >= 0.6 is 0 Å². The van der Waals surface area contributed by atoms with Crippen molar-refractivity contribution < 1.29 is 32.3 Å². The average Bonchev–Trinajstić information content (AvgIpc) is 2.91. The van der Waals surface area contributed by atoms with Gasteiger partial charge in [-0.3, -0.25) is 19.3 Å². The van der Waals surface area contributed by atoms with Gasteiger partial charge >= 0.3 is 6.36 Å². The van der Waals surface area contributed by atoms with Crippen LogP contribution in [0, 0.1) is 11.8 Å². The molecule has 154 valence electrons. The first-order valence-corrected chi connectivity index (χ1v) is 9.44. The SMILES string of the molecule is O=C1[C@H]2CC=CC[C@H]2C(=O)N1CC(=O)N1CCCc2cc(OC(F)(F)F)ccc21. The van der Waals surface area contributed by atoms with Crippen molar-refractivity contribution in [3.63, 3.8) is 0 Å². The fourth-order valence-corrected chi connectivity index (χ4v) is 4.28. The zero-order chi connectivity index (χ0) is 20.8. The summed E-state index contributed by atoms with van der Waals surface area (Å²) in [6.07, 6.45) is 1.01. The summed E-state index contributed by atoms with van der Waals surface area (Å²) in [6.45, 7) is 0.0147. The smallest absolute Gasteiger partial charge is 0.406 e. The standard InChI is InChI=1S/C20H19F3N2O4/c21-20(22,23)29-13-7-8-16-12(10-13)4-3-9-24(16)17(26)11-25-18(27)14-5-1-2-6-15(14)19(25)28/h1-2,7-8,10,14-15H,3-6,9,11H2/t14-,15+. The van der Waals surface area contributed by atoms with Crippen molar-refractivity contribution in [3.05, 3.63) is 35.9 Å². The molecule has 1 aromatic rings. The molecule has 0 bridgehead atoms. The van der Waals surface area contributed by atoms with Gasteiger partial charge in [-0.05, 0) is 49.4 Å². The van der Waals surface area contributed by atoms with Gasteiger partial charge in [-0.25, -0.2) is 0 Å². The number of halogens is 3. The first kappa shape index (κ1) is 19.5. The average molecular weight is 408 g/mol. The third-order valence-electron chi connectivity index (χ3n) is 5.60. The Balaban J connectivity index is 1.51. The van der Waals surface area contributed by atoms with Crippen LogP contribution in [0.15, 0.2) is 30.4 Å². The van der Waals surface area contributed by atoms with Crippen LogP contribution in [-0.2, 0) is 20.8 Å². The molecule has 0 unspecified atom stereocenters. The number of ether oxygens (including phenoxy) is 1. The summed E-state index contributed by atoms with van der Waals surface area (Å²) in [5, 5.41) is 0. The number of hydrogen-bond acceptors (Lipinski definition) is 4. The third-order valence-corrected chi connectivity index (χ3v) is 5.60. The van der Waals surface area contributed by atoms with Gasteiger partial charge in [0.25, 0.3) is 0 Å². The molecule has 0 saturated carbocycles. The molecule has 9 heteroatoms. The van der Waals surface area contributed by atoms with E-state index < -0.39 is 24.1 Å². The van der Waals surface area contributed by atoms with Crippen LogP contribution in [0.4, 0.5) is 18.9 Å². The highest BCUT2D eigenvalue weighted by atomic mass is 19.4. The van der Waals surface area contributed by atoms with Gasteiger partial charge in [0.05, 0.1) is 11.8 Å². The number of hydrogen-bond donors (Lipinski definition) is 0. The van der Waals surface area contributed by atoms with E-state index in [0.29, 0.717) is 43.5 Å². The number of allylic oxidation sites excluding steroid dienone is 2. The number of imide groups is 1. The van der Waals surface area contributed by atoms with Crippen molar-refractivity contribution in [2.24, 2.45) is 11.8 Å². The molecule has 2 heterocycles. The lowest BCUT2D eigenvalue weighted by Gasteiger charge is -2.31. The second-order valence-electron chi connectivity index (χ2n) is 7.41. The molecule has 1 saturated heterocycles. The lowest BCUT2D eigenvalue weighted by Crippen LogP contribution is -2.45. The van der Waals surface area contributed by atoms with E-state index in [9.17, 15) is 27.6 Å². The summed E-state index contributed by atoms with van der Waals surface area (Å²) in [6, 6.07) is 3.84. The number of benzene rings is 1. The van der Waals surface area contributed by atoms with Gasteiger partial charge in [-0.15, -0.1) is 13.2 Å². The third kappa shape index (κ3) is 3.73. The summed E-state index contributed by atoms with van der Waals surface area (Å²) in [5.74, 6) is -2.24. The predicted octanol–water partition coefficient (Wildman–Crippen LogP) is 2.82. The minimum absolute atomic E-state index is 0.330. The highest BCUT2D eigenvalue weighted by Gasteiger charge is 2.48. The van der Waals surface area contributed by atoms with E-state index in [1.54, 1.807) is 0 Å². The second kappa shape index (κ2) is 7.20. The van der Waals surface area contributed by atoms with E-state index in [1.807, 2.05) is 12.2 Å². The molecule has 0 radical (unpaired) electrons. The van der Waals surface area contributed by atoms with Crippen molar-refractivity contribution in [2.45, 2.75) is 32.0 Å². The molecule has 0 aromatic heterocycles. The van der Waals surface area contributed by atoms with Crippen molar-refractivity contribution in [3.8, 4) is 5.75 Å². The second-order valence-corrected chi connectivity index (χ2v) is 7.41. The number of anilines is 1. The molecule has 29 heavy (non-hydrogen) atoms. The van der Waals surface area contributed by atoms with Gasteiger partial charge in [0, 0.05) is 12.2 Å². The summed E-state index contributed by atoms with van der Waals surface area (Å²) in [4.78, 5) is 40.5. The van der Waals surface area contributed by atoms with Crippen LogP contribution in [0.2, 0.25) is 0 Å². The molecule has 3 aliphatic rings. The first-order chi connectivity index (χ1) is 13.7. The Bertz CT molecular complexity index is 870. The number of amides is 3. The highest BCUT2D eigenvalue weighted by Crippen LogP contribution is 2.36. The van der Waals surface area contributed by atoms with Crippen LogP contribution in [0.5, 0.6) is 5.75 Å². The largest absolute Gasteiger partial charge is 0.573 e. The Kier molecular flexibility index (Phi) is 4.84. The van der Waals surface area contributed by atoms with E-state index in [4.69, 9.17) is 0 Å². The van der Waals surface area contributed by atoms with Crippen molar-refractivity contribution in [1.29, 1.82) is 0 Å². The number of carbonyl (C=O) groups excluding carboxylic acids is 3. The topological polar surface area (TPSA) is 66.9 Å². The maximum atomic E-state index is 12.9. The monoisotopic (exact) mass is 408 g/mol. The molecule has 0 N–H and O–H groups in total. The number of alkyl halides is 3. The molecular formula is C20H19F3N2O4. The molecular weight excluding hydrogens is 389 g/mol. The zero-order valence-corrected chi connectivity index (χ0v) is 15.4. The normalized spacial score (nSPS) is 23.8. The van der Waals surface area contributed by atoms with E-state index >= 15 is 0 Å². The lowest BCUT2D eigenvalue weighted by atomic mass is 9.85. The molecule has 2 atom stereocenters. The van der Waals surface area contributed by atoms with E-state index in [1.165, 1.54) is 17.0 Å². The lowest BCUT2D eigenvalue weighted by molar-refractivity contribution is -0.274. The molecule has 1 aliphatic carbocycles. The minimum Gasteiger partial charge on any atom is -0.406 e. The number of aryl methyl sites for hydroxylation is 1. The fourth-order valence-electron chi connectivity index (χ4n) is 4.28. The number of nitrogens with zero attached hydrogens (tertiary/aromatic N) is 2. The van der Waals surface area contributed by atoms with Gasteiger partial charge in [0.2, 0.25) is 17.7 Å². The van der Waals surface area contributed by atoms with Crippen LogP contribution < -0.4 is 9.64 Å². The quantitative estimate of drug-likeness (QED) is 0.570. The van der Waals surface area contributed by atoms with Gasteiger partial charge < -0.3 is 9.64 Å². The summed E-state index contributed by atoms with van der Waals surface area (Å²) < 4.78 is 41.3. The van der Waals surface area contributed by atoms with Crippen LogP contribution in [0.25, 0.3) is 0 Å².